The Balaban J connectivity index is 1.56. The molecule has 4 rings (SSSR count). The molecular formula is C25H30F2N4O4. The molecule has 0 bridgehead atoms. The maximum Gasteiger partial charge on any atom is 0.248 e. The van der Waals surface area contributed by atoms with Gasteiger partial charge in [-0.15, -0.1) is 0 Å². The second-order valence-corrected chi connectivity index (χ2v) is 9.70. The average Bonchev–Trinajstić information content (AvgIpc) is 3.50. The van der Waals surface area contributed by atoms with Crippen molar-refractivity contribution in [1.82, 2.24) is 14.3 Å². The molecule has 3 aromatic rings. The summed E-state index contributed by atoms with van der Waals surface area (Å²) in [6, 6.07) is 5.43. The third-order valence-electron chi connectivity index (χ3n) is 6.05. The van der Waals surface area contributed by atoms with Crippen molar-refractivity contribution >= 4 is 11.7 Å². The first kappa shape index (κ1) is 24.7. The fraction of sp³-hybridized carbons (Fsp3) is 0.440. The van der Waals surface area contributed by atoms with E-state index >= 15 is 0 Å². The lowest BCUT2D eigenvalue weighted by Gasteiger charge is -2.22. The van der Waals surface area contributed by atoms with Gasteiger partial charge < -0.3 is 24.8 Å². The second-order valence-electron chi connectivity index (χ2n) is 9.70. The van der Waals surface area contributed by atoms with E-state index in [0.29, 0.717) is 18.2 Å². The molecule has 0 aliphatic heterocycles. The molecule has 10 heteroatoms. The van der Waals surface area contributed by atoms with Crippen LogP contribution in [0.25, 0.3) is 0 Å². The highest BCUT2D eigenvalue weighted by Crippen LogP contribution is 2.37. The molecule has 1 aliphatic carbocycles. The number of aliphatic hydroxyl groups is 1. The highest BCUT2D eigenvalue weighted by Gasteiger charge is 2.29. The molecule has 35 heavy (non-hydrogen) atoms. The molecule has 1 atom stereocenters. The predicted octanol–water partition coefficient (Wildman–Crippen LogP) is 4.99. The molecule has 1 aromatic carbocycles. The van der Waals surface area contributed by atoms with Gasteiger partial charge in [-0.05, 0) is 38.3 Å². The van der Waals surface area contributed by atoms with Crippen molar-refractivity contribution in [2.45, 2.75) is 64.1 Å². The van der Waals surface area contributed by atoms with Crippen LogP contribution in [0.2, 0.25) is 0 Å². The number of carbonyl (C=O) groups is 1. The normalized spacial score (nSPS) is 15.3. The number of nitrogens with zero attached hydrogens (tertiary/aromatic N) is 3. The van der Waals surface area contributed by atoms with E-state index < -0.39 is 29.0 Å². The minimum Gasteiger partial charge on any atom is -0.494 e. The number of rotatable bonds is 9. The van der Waals surface area contributed by atoms with Crippen LogP contribution >= 0.6 is 0 Å². The van der Waals surface area contributed by atoms with E-state index in [1.54, 1.807) is 26.1 Å². The van der Waals surface area contributed by atoms with Crippen LogP contribution in [-0.2, 0) is 11.3 Å². The highest BCUT2D eigenvalue weighted by atomic mass is 19.1. The Bertz CT molecular complexity index is 1160. The van der Waals surface area contributed by atoms with Gasteiger partial charge in [0.25, 0.3) is 0 Å². The summed E-state index contributed by atoms with van der Waals surface area (Å²) in [7, 11) is 0. The van der Waals surface area contributed by atoms with E-state index in [0.717, 1.165) is 37.8 Å². The Hall–Kier alpha value is -3.40. The number of aromatic hydroxyl groups is 1. The summed E-state index contributed by atoms with van der Waals surface area (Å²) in [5.41, 5.74) is -0.969. The SMILES string of the molecule is CC(C)(O)Cn1ccc(NC(=O)[C@H](CC2CCCC2)n2cc(Oc3c(F)cccc3F)cc2O)n1. The smallest absolute Gasteiger partial charge is 0.248 e. The Kier molecular flexibility index (Phi) is 7.11. The molecule has 0 radical (unpaired) electrons. The lowest BCUT2D eigenvalue weighted by atomic mass is 9.97. The first-order valence-corrected chi connectivity index (χ1v) is 11.7. The van der Waals surface area contributed by atoms with Gasteiger partial charge in [0.2, 0.25) is 5.91 Å². The van der Waals surface area contributed by atoms with Crippen LogP contribution in [0.4, 0.5) is 14.6 Å². The van der Waals surface area contributed by atoms with Crippen LogP contribution in [0.3, 0.4) is 0 Å². The van der Waals surface area contributed by atoms with Gasteiger partial charge in [0.05, 0.1) is 18.3 Å². The molecule has 1 fully saturated rings. The number of benzene rings is 1. The molecule has 1 amide bonds. The van der Waals surface area contributed by atoms with Crippen LogP contribution in [0.15, 0.2) is 42.7 Å². The van der Waals surface area contributed by atoms with Crippen molar-refractivity contribution in [3.8, 4) is 17.4 Å². The van der Waals surface area contributed by atoms with Gasteiger partial charge in [-0.1, -0.05) is 31.7 Å². The van der Waals surface area contributed by atoms with Gasteiger partial charge in [0.1, 0.15) is 11.8 Å². The van der Waals surface area contributed by atoms with Crippen LogP contribution in [0.5, 0.6) is 17.4 Å². The lowest BCUT2D eigenvalue weighted by molar-refractivity contribution is -0.119. The standard InChI is InChI=1S/C25H30F2N4O4/c1-25(2,34)15-30-11-10-21(29-30)28-24(33)20(12-16-6-3-4-7-16)31-14-17(13-22(31)32)35-23-18(26)8-5-9-19(23)27/h5,8-11,13-14,16,20,32,34H,3-4,6-7,12,15H2,1-2H3,(H,28,29,33)/t20-/m0/s1. The topological polar surface area (TPSA) is 102 Å². The van der Waals surface area contributed by atoms with Crippen molar-refractivity contribution in [2.24, 2.45) is 5.92 Å². The molecule has 188 valence electrons. The number of aromatic nitrogens is 3. The van der Waals surface area contributed by atoms with Crippen LogP contribution < -0.4 is 10.1 Å². The van der Waals surface area contributed by atoms with Crippen molar-refractivity contribution in [2.75, 3.05) is 5.32 Å². The van der Waals surface area contributed by atoms with Gasteiger partial charge in [0.15, 0.2) is 29.1 Å². The maximum atomic E-state index is 14.0. The third kappa shape index (κ3) is 6.19. The predicted molar refractivity (Wildman–Crippen MR) is 125 cm³/mol. The zero-order chi connectivity index (χ0) is 25.2. The Morgan fingerprint density at radius 1 is 1.26 bits per heavy atom. The summed E-state index contributed by atoms with van der Waals surface area (Å²) < 4.78 is 36.3. The minimum absolute atomic E-state index is 0.00479. The van der Waals surface area contributed by atoms with Gasteiger partial charge in [-0.2, -0.15) is 5.10 Å². The molecular weight excluding hydrogens is 458 g/mol. The minimum atomic E-state index is -0.969. The van der Waals surface area contributed by atoms with E-state index in [2.05, 4.69) is 10.4 Å². The summed E-state index contributed by atoms with van der Waals surface area (Å²) in [5, 5.41) is 27.7. The first-order chi connectivity index (χ1) is 16.6. The number of para-hydroxylation sites is 1. The first-order valence-electron chi connectivity index (χ1n) is 11.7. The Morgan fingerprint density at radius 3 is 2.60 bits per heavy atom. The second kappa shape index (κ2) is 10.1. The zero-order valence-corrected chi connectivity index (χ0v) is 19.7. The van der Waals surface area contributed by atoms with Crippen LogP contribution in [0.1, 0.15) is 52.0 Å². The van der Waals surface area contributed by atoms with Gasteiger partial charge in [-0.3, -0.25) is 9.48 Å². The maximum absolute atomic E-state index is 14.0. The summed E-state index contributed by atoms with van der Waals surface area (Å²) >= 11 is 0. The van der Waals surface area contributed by atoms with Gasteiger partial charge in [-0.25, -0.2) is 8.78 Å². The number of halogens is 2. The number of amides is 1. The fourth-order valence-corrected chi connectivity index (χ4v) is 4.48. The van der Waals surface area contributed by atoms with Crippen molar-refractivity contribution in [3.63, 3.8) is 0 Å². The fourth-order valence-electron chi connectivity index (χ4n) is 4.48. The summed E-state index contributed by atoms with van der Waals surface area (Å²) in [6.07, 6.45) is 7.63. The van der Waals surface area contributed by atoms with E-state index in [4.69, 9.17) is 4.74 Å². The van der Waals surface area contributed by atoms with E-state index in [1.165, 1.54) is 27.6 Å². The number of hydrogen-bond acceptors (Lipinski definition) is 5. The number of anilines is 1. The summed E-state index contributed by atoms with van der Waals surface area (Å²) in [4.78, 5) is 13.3. The third-order valence-corrected chi connectivity index (χ3v) is 6.05. The number of nitrogens with one attached hydrogen (secondary N) is 1. The largest absolute Gasteiger partial charge is 0.494 e. The number of hydrogen-bond donors (Lipinski definition) is 3. The van der Waals surface area contributed by atoms with Crippen molar-refractivity contribution < 1.29 is 28.5 Å². The van der Waals surface area contributed by atoms with Gasteiger partial charge in [0, 0.05) is 18.3 Å². The molecule has 0 spiro atoms. The quantitative estimate of drug-likeness (QED) is 0.394. The molecule has 1 aliphatic rings. The highest BCUT2D eigenvalue weighted by molar-refractivity contribution is 5.93. The Labute approximate surface area is 202 Å². The van der Waals surface area contributed by atoms with Crippen molar-refractivity contribution in [3.05, 3.63) is 54.4 Å². The number of carbonyl (C=O) groups excluding carboxylic acids is 1. The molecule has 3 N–H and O–H groups in total. The van der Waals surface area contributed by atoms with E-state index in [1.807, 2.05) is 0 Å². The molecule has 1 saturated carbocycles. The van der Waals surface area contributed by atoms with Crippen LogP contribution in [-0.4, -0.2) is 36.1 Å². The average molecular weight is 489 g/mol. The van der Waals surface area contributed by atoms with Crippen molar-refractivity contribution in [1.29, 1.82) is 0 Å². The van der Waals surface area contributed by atoms with Gasteiger partial charge >= 0.3 is 0 Å². The zero-order valence-electron chi connectivity index (χ0n) is 19.7. The molecule has 2 heterocycles. The molecule has 2 aromatic heterocycles. The monoisotopic (exact) mass is 488 g/mol. The van der Waals surface area contributed by atoms with Crippen LogP contribution in [0, 0.1) is 17.6 Å². The lowest BCUT2D eigenvalue weighted by Crippen LogP contribution is -2.28. The molecule has 8 nitrogen and oxygen atoms in total. The molecule has 0 unspecified atom stereocenters. The van der Waals surface area contributed by atoms with E-state index in [-0.39, 0.29) is 24.1 Å². The molecule has 0 saturated heterocycles. The van der Waals surface area contributed by atoms with E-state index in [9.17, 15) is 23.8 Å². The summed E-state index contributed by atoms with van der Waals surface area (Å²) in [5.74, 6) is -2.37. The number of ether oxygens (including phenoxy) is 1. The Morgan fingerprint density at radius 2 is 1.94 bits per heavy atom. The summed E-state index contributed by atoms with van der Waals surface area (Å²) in [6.45, 7) is 3.57.